The van der Waals surface area contributed by atoms with E-state index < -0.39 is 34.5 Å². The van der Waals surface area contributed by atoms with Gasteiger partial charge in [-0.05, 0) is 16.7 Å². The minimum absolute atomic E-state index is 0.0906. The van der Waals surface area contributed by atoms with Crippen molar-refractivity contribution in [2.24, 2.45) is 0 Å². The number of ether oxygens (including phenoxy) is 1. The fourth-order valence-electron chi connectivity index (χ4n) is 2.79. The Morgan fingerprint density at radius 1 is 1.07 bits per heavy atom. The molecule has 0 aliphatic rings. The molecule has 27 heavy (non-hydrogen) atoms. The average molecular weight is 389 g/mol. The number of rotatable bonds is 9. The minimum Gasteiger partial charge on any atom is -0.616 e. The first-order valence-corrected chi connectivity index (χ1v) is 9.90. The highest BCUT2D eigenvalue weighted by Crippen LogP contribution is 2.20. The van der Waals surface area contributed by atoms with E-state index in [0.29, 0.717) is 12.2 Å². The number of carbonyl (C=O) groups is 2. The first-order chi connectivity index (χ1) is 13.0. The van der Waals surface area contributed by atoms with Gasteiger partial charge in [0.2, 0.25) is 0 Å². The Balaban J connectivity index is 2.19. The normalized spacial score (nSPS) is 14.0. The number of amides is 1. The fraction of sp³-hybridized carbons (Fsp3) is 0.300. The van der Waals surface area contributed by atoms with Gasteiger partial charge in [0.05, 0.1) is 7.11 Å². The summed E-state index contributed by atoms with van der Waals surface area (Å²) in [6.07, 6.45) is -0.764. The molecule has 2 rings (SSSR count). The zero-order valence-corrected chi connectivity index (χ0v) is 15.9. The predicted octanol–water partition coefficient (Wildman–Crippen LogP) is 2.75. The highest BCUT2D eigenvalue weighted by atomic mass is 32.2. The lowest BCUT2D eigenvalue weighted by Gasteiger charge is -2.25. The zero-order chi connectivity index (χ0) is 19.6. The maximum atomic E-state index is 13.0. The highest BCUT2D eigenvalue weighted by Gasteiger charge is 2.32. The first-order valence-electron chi connectivity index (χ1n) is 8.52. The van der Waals surface area contributed by atoms with E-state index in [1.54, 1.807) is 0 Å². The molecular weight excluding hydrogens is 366 g/mol. The monoisotopic (exact) mass is 389 g/mol. The van der Waals surface area contributed by atoms with Gasteiger partial charge in [-0.15, -0.1) is 0 Å². The van der Waals surface area contributed by atoms with Crippen LogP contribution in [0.25, 0.3) is 0 Å². The van der Waals surface area contributed by atoms with Crippen LogP contribution in [-0.2, 0) is 32.9 Å². The summed E-state index contributed by atoms with van der Waals surface area (Å²) < 4.78 is 17.7. The number of methoxy groups -OCH3 is 1. The molecule has 0 radical (unpaired) electrons. The Kier molecular flexibility index (Phi) is 8.16. The largest absolute Gasteiger partial charge is 0.616 e. The molecular formula is C20H23NO5S. The number of hydrogen-bond donors (Lipinski definition) is 2. The van der Waals surface area contributed by atoms with Crippen molar-refractivity contribution in [1.82, 2.24) is 5.32 Å². The number of benzene rings is 2. The van der Waals surface area contributed by atoms with Crippen LogP contribution in [0.2, 0.25) is 0 Å². The van der Waals surface area contributed by atoms with Crippen molar-refractivity contribution >= 4 is 23.2 Å². The molecule has 0 fully saturated rings. The van der Waals surface area contributed by atoms with Gasteiger partial charge in [0.1, 0.15) is 17.0 Å². The fourth-order valence-corrected chi connectivity index (χ4v) is 4.33. The van der Waals surface area contributed by atoms with E-state index in [2.05, 4.69) is 5.32 Å². The van der Waals surface area contributed by atoms with E-state index in [-0.39, 0.29) is 6.42 Å². The Morgan fingerprint density at radius 3 is 2.15 bits per heavy atom. The van der Waals surface area contributed by atoms with Gasteiger partial charge in [0, 0.05) is 18.4 Å². The second-order valence-electron chi connectivity index (χ2n) is 6.08. The van der Waals surface area contributed by atoms with Crippen molar-refractivity contribution in [3.63, 3.8) is 0 Å². The van der Waals surface area contributed by atoms with E-state index in [4.69, 9.17) is 9.84 Å². The zero-order valence-electron chi connectivity index (χ0n) is 15.0. The van der Waals surface area contributed by atoms with E-state index in [9.17, 15) is 14.1 Å². The molecule has 0 spiro atoms. The summed E-state index contributed by atoms with van der Waals surface area (Å²) in [6.45, 7) is 0. The van der Waals surface area contributed by atoms with Crippen LogP contribution in [0.3, 0.4) is 0 Å². The lowest BCUT2D eigenvalue weighted by molar-refractivity contribution is -0.143. The average Bonchev–Trinajstić information content (AvgIpc) is 2.67. The summed E-state index contributed by atoms with van der Waals surface area (Å²) in [4.78, 5) is 23.0. The number of carboxylic acid groups (broad SMARTS) is 1. The van der Waals surface area contributed by atoms with E-state index in [1.807, 2.05) is 60.7 Å². The van der Waals surface area contributed by atoms with Gasteiger partial charge in [-0.2, -0.15) is 0 Å². The molecule has 0 aromatic heterocycles. The summed E-state index contributed by atoms with van der Waals surface area (Å²) >= 11 is -1.30. The second-order valence-corrected chi connectivity index (χ2v) is 7.80. The van der Waals surface area contributed by atoms with Gasteiger partial charge < -0.3 is 19.7 Å². The minimum atomic E-state index is -1.32. The quantitative estimate of drug-likeness (QED) is 0.507. The van der Waals surface area contributed by atoms with Crippen molar-refractivity contribution in [1.29, 1.82) is 0 Å². The summed E-state index contributed by atoms with van der Waals surface area (Å²) in [5.74, 6) is -0.355. The SMILES string of the molecule is COC(=O)C(C[C@@H](Cc1ccccc1)[S+]([O-])Cc1ccccc1)NC(=O)O. The van der Waals surface area contributed by atoms with Crippen molar-refractivity contribution in [2.75, 3.05) is 7.11 Å². The highest BCUT2D eigenvalue weighted by molar-refractivity contribution is 7.91. The lowest BCUT2D eigenvalue weighted by Crippen LogP contribution is -2.45. The number of esters is 1. The van der Waals surface area contributed by atoms with Crippen LogP contribution in [0.1, 0.15) is 17.5 Å². The molecule has 2 N–H and O–H groups in total. The van der Waals surface area contributed by atoms with E-state index in [0.717, 1.165) is 11.1 Å². The molecule has 0 saturated heterocycles. The van der Waals surface area contributed by atoms with Crippen LogP contribution >= 0.6 is 0 Å². The summed E-state index contributed by atoms with van der Waals surface area (Å²) in [5, 5.41) is 10.8. The van der Waals surface area contributed by atoms with Gasteiger partial charge in [0.25, 0.3) is 0 Å². The summed E-state index contributed by atoms with van der Waals surface area (Å²) in [6, 6.07) is 17.9. The maximum absolute atomic E-state index is 13.0. The molecule has 2 aromatic rings. The molecule has 6 nitrogen and oxygen atoms in total. The Bertz CT molecular complexity index is 726. The third kappa shape index (κ3) is 6.96. The molecule has 1 amide bonds. The Hall–Kier alpha value is -2.51. The summed E-state index contributed by atoms with van der Waals surface area (Å²) in [5.41, 5.74) is 1.90. The molecule has 0 saturated carbocycles. The molecule has 0 bridgehead atoms. The third-order valence-electron chi connectivity index (χ3n) is 4.11. The standard InChI is InChI=1S/C20H23NO5S/c1-26-19(22)18(21-20(23)24)13-17(12-15-8-4-2-5-9-15)27(25)14-16-10-6-3-7-11-16/h2-11,17-18,21H,12-14H2,1H3,(H,23,24)/t17-,18?,27?/m1/s1. The van der Waals surface area contributed by atoms with Gasteiger partial charge in [-0.25, -0.2) is 9.59 Å². The van der Waals surface area contributed by atoms with Crippen LogP contribution < -0.4 is 5.32 Å². The van der Waals surface area contributed by atoms with Gasteiger partial charge in [-0.3, -0.25) is 0 Å². The lowest BCUT2D eigenvalue weighted by atomic mass is 10.0. The predicted molar refractivity (Wildman–Crippen MR) is 104 cm³/mol. The molecule has 0 heterocycles. The molecule has 2 unspecified atom stereocenters. The summed E-state index contributed by atoms with van der Waals surface area (Å²) in [7, 11) is 1.20. The number of carbonyl (C=O) groups excluding carboxylic acids is 1. The van der Waals surface area contributed by atoms with Gasteiger partial charge in [-0.1, -0.05) is 60.7 Å². The van der Waals surface area contributed by atoms with E-state index in [1.165, 1.54) is 7.11 Å². The Morgan fingerprint density at radius 2 is 1.63 bits per heavy atom. The number of hydrogen-bond acceptors (Lipinski definition) is 4. The van der Waals surface area contributed by atoms with Crippen molar-refractivity contribution in [2.45, 2.75) is 29.9 Å². The van der Waals surface area contributed by atoms with Crippen molar-refractivity contribution in [3.8, 4) is 0 Å². The first kappa shape index (κ1) is 20.8. The molecule has 0 aliphatic heterocycles. The Labute approximate surface area is 161 Å². The third-order valence-corrected chi connectivity index (χ3v) is 5.83. The van der Waals surface area contributed by atoms with Gasteiger partial charge >= 0.3 is 12.1 Å². The maximum Gasteiger partial charge on any atom is 0.405 e. The molecule has 2 aromatic carbocycles. The smallest absolute Gasteiger partial charge is 0.405 e. The van der Waals surface area contributed by atoms with Gasteiger partial charge in [0.15, 0.2) is 0 Å². The van der Waals surface area contributed by atoms with Crippen molar-refractivity contribution < 1.29 is 24.0 Å². The molecule has 3 atom stereocenters. The van der Waals surface area contributed by atoms with Crippen LogP contribution in [-0.4, -0.2) is 40.1 Å². The van der Waals surface area contributed by atoms with Crippen molar-refractivity contribution in [3.05, 3.63) is 71.8 Å². The second kappa shape index (κ2) is 10.6. The molecule has 7 heteroatoms. The van der Waals surface area contributed by atoms with E-state index >= 15 is 0 Å². The topological polar surface area (TPSA) is 98.7 Å². The van der Waals surface area contributed by atoms with Crippen LogP contribution in [0, 0.1) is 0 Å². The molecule has 0 aliphatic carbocycles. The molecule has 144 valence electrons. The van der Waals surface area contributed by atoms with Crippen LogP contribution in [0.5, 0.6) is 0 Å². The van der Waals surface area contributed by atoms with Crippen LogP contribution in [0.4, 0.5) is 4.79 Å². The van der Waals surface area contributed by atoms with Crippen LogP contribution in [0.15, 0.2) is 60.7 Å². The number of nitrogens with one attached hydrogen (secondary N) is 1.